The van der Waals surface area contributed by atoms with Crippen LogP contribution in [0.2, 0.25) is 0 Å². The van der Waals surface area contributed by atoms with Crippen LogP contribution in [0.25, 0.3) is 0 Å². The Morgan fingerprint density at radius 1 is 1.45 bits per heavy atom. The molecule has 1 aromatic rings. The molecule has 0 bridgehead atoms. The van der Waals surface area contributed by atoms with Gasteiger partial charge in [-0.3, -0.25) is 10.1 Å². The molecule has 0 saturated carbocycles. The minimum Gasteiger partial charge on any atom is -0.445 e. The van der Waals surface area contributed by atoms with Crippen LogP contribution < -0.4 is 5.32 Å². The van der Waals surface area contributed by atoms with E-state index < -0.39 is 5.41 Å². The lowest BCUT2D eigenvalue weighted by molar-refractivity contribution is -0.160. The second-order valence-corrected chi connectivity index (χ2v) is 6.95. The summed E-state index contributed by atoms with van der Waals surface area (Å²) in [5.74, 6) is -0.480. The highest BCUT2D eigenvalue weighted by molar-refractivity contribution is 9.10. The van der Waals surface area contributed by atoms with E-state index in [1.165, 1.54) is 12.1 Å². The third-order valence-electron chi connectivity index (χ3n) is 3.37. The van der Waals surface area contributed by atoms with Gasteiger partial charge in [-0.05, 0) is 51.4 Å². The Labute approximate surface area is 127 Å². The van der Waals surface area contributed by atoms with E-state index in [2.05, 4.69) is 21.2 Å². The minimum absolute atomic E-state index is 0.0382. The molecular formula is C15H19BrFNO2. The second-order valence-electron chi connectivity index (χ2n) is 6.09. The van der Waals surface area contributed by atoms with Crippen LogP contribution in [-0.4, -0.2) is 18.7 Å². The van der Waals surface area contributed by atoms with E-state index in [4.69, 9.17) is 4.74 Å². The maximum absolute atomic E-state index is 13.2. The molecule has 3 nitrogen and oxygen atoms in total. The number of carbonyl (C=O) groups excluding carboxylic acids is 1. The fourth-order valence-corrected chi connectivity index (χ4v) is 2.86. The van der Waals surface area contributed by atoms with Gasteiger partial charge >= 0.3 is 5.97 Å². The standard InChI is InChI=1S/C15H19BrFNO2/c1-15(2,3)14(19)20-13-11(6-7-18-13)10-5-4-9(17)8-12(10)16/h4-5,8,11,13,18H,6-7H2,1-3H3. The fourth-order valence-electron chi connectivity index (χ4n) is 2.21. The fraction of sp³-hybridized carbons (Fsp3) is 0.533. The summed E-state index contributed by atoms with van der Waals surface area (Å²) < 4.78 is 19.4. The van der Waals surface area contributed by atoms with Gasteiger partial charge in [0.15, 0.2) is 6.23 Å². The summed E-state index contributed by atoms with van der Waals surface area (Å²) in [4.78, 5) is 12.0. The summed E-state index contributed by atoms with van der Waals surface area (Å²) in [6.07, 6.45) is 0.496. The summed E-state index contributed by atoms with van der Waals surface area (Å²) in [5, 5.41) is 3.19. The summed E-state index contributed by atoms with van der Waals surface area (Å²) in [6.45, 7) is 6.25. The Bertz CT molecular complexity index is 513. The lowest BCUT2D eigenvalue weighted by Crippen LogP contribution is -2.36. The average Bonchev–Trinajstić information content (AvgIpc) is 2.76. The van der Waals surface area contributed by atoms with E-state index in [0.717, 1.165) is 18.5 Å². The first-order valence-corrected chi connectivity index (χ1v) is 7.48. The van der Waals surface area contributed by atoms with Crippen molar-refractivity contribution in [2.75, 3.05) is 6.54 Å². The maximum Gasteiger partial charge on any atom is 0.312 e. The van der Waals surface area contributed by atoms with E-state index in [0.29, 0.717) is 4.47 Å². The average molecular weight is 344 g/mol. The number of halogens is 2. The van der Waals surface area contributed by atoms with Gasteiger partial charge in [0.05, 0.1) is 5.41 Å². The number of ether oxygens (including phenoxy) is 1. The number of esters is 1. The lowest BCUT2D eigenvalue weighted by atomic mass is 9.95. The molecule has 0 radical (unpaired) electrons. The van der Waals surface area contributed by atoms with Crippen molar-refractivity contribution in [1.29, 1.82) is 0 Å². The third kappa shape index (κ3) is 3.38. The Morgan fingerprint density at radius 3 is 2.75 bits per heavy atom. The van der Waals surface area contributed by atoms with Gasteiger partial charge in [0.25, 0.3) is 0 Å². The molecule has 1 saturated heterocycles. The van der Waals surface area contributed by atoms with Crippen molar-refractivity contribution < 1.29 is 13.9 Å². The highest BCUT2D eigenvalue weighted by Crippen LogP contribution is 2.34. The molecule has 2 unspecified atom stereocenters. The van der Waals surface area contributed by atoms with Gasteiger partial charge in [-0.1, -0.05) is 22.0 Å². The molecule has 1 fully saturated rings. The number of hydrogen-bond donors (Lipinski definition) is 1. The number of hydrogen-bond acceptors (Lipinski definition) is 3. The number of carbonyl (C=O) groups is 1. The zero-order valence-electron chi connectivity index (χ0n) is 11.9. The van der Waals surface area contributed by atoms with Crippen LogP contribution in [0.5, 0.6) is 0 Å². The molecule has 0 spiro atoms. The molecule has 110 valence electrons. The van der Waals surface area contributed by atoms with E-state index >= 15 is 0 Å². The molecule has 5 heteroatoms. The molecule has 1 heterocycles. The van der Waals surface area contributed by atoms with Crippen LogP contribution in [0.15, 0.2) is 22.7 Å². The first kappa shape index (κ1) is 15.4. The van der Waals surface area contributed by atoms with Crippen molar-refractivity contribution in [2.45, 2.75) is 39.3 Å². The van der Waals surface area contributed by atoms with E-state index in [1.54, 1.807) is 6.07 Å². The van der Waals surface area contributed by atoms with Crippen molar-refractivity contribution in [3.63, 3.8) is 0 Å². The highest BCUT2D eigenvalue weighted by Gasteiger charge is 2.35. The molecule has 1 aromatic carbocycles. The maximum atomic E-state index is 13.2. The van der Waals surface area contributed by atoms with Crippen molar-refractivity contribution in [2.24, 2.45) is 5.41 Å². The molecule has 2 atom stereocenters. The van der Waals surface area contributed by atoms with Crippen molar-refractivity contribution >= 4 is 21.9 Å². The normalized spacial score (nSPS) is 22.9. The Hall–Kier alpha value is -0.940. The largest absolute Gasteiger partial charge is 0.445 e. The van der Waals surface area contributed by atoms with Crippen LogP contribution in [0, 0.1) is 11.2 Å². The van der Waals surface area contributed by atoms with Gasteiger partial charge in [0.1, 0.15) is 5.82 Å². The zero-order valence-corrected chi connectivity index (χ0v) is 13.5. The van der Waals surface area contributed by atoms with Gasteiger partial charge in [0, 0.05) is 10.4 Å². The molecule has 0 amide bonds. The van der Waals surface area contributed by atoms with Crippen molar-refractivity contribution in [1.82, 2.24) is 5.32 Å². The predicted molar refractivity (Wildman–Crippen MR) is 78.8 cm³/mol. The van der Waals surface area contributed by atoms with Gasteiger partial charge in [-0.15, -0.1) is 0 Å². The van der Waals surface area contributed by atoms with Gasteiger partial charge in [-0.25, -0.2) is 4.39 Å². The van der Waals surface area contributed by atoms with Gasteiger partial charge in [0.2, 0.25) is 0 Å². The molecule has 20 heavy (non-hydrogen) atoms. The first-order valence-electron chi connectivity index (χ1n) is 6.68. The molecule has 0 aliphatic carbocycles. The van der Waals surface area contributed by atoms with E-state index in [-0.39, 0.29) is 23.9 Å². The molecule has 1 aliphatic rings. The summed E-state index contributed by atoms with van der Waals surface area (Å²) in [6, 6.07) is 4.62. The quantitative estimate of drug-likeness (QED) is 0.834. The molecular weight excluding hydrogens is 325 g/mol. The Kier molecular flexibility index (Phi) is 4.49. The summed E-state index contributed by atoms with van der Waals surface area (Å²) in [5.41, 5.74) is 0.428. The van der Waals surface area contributed by atoms with E-state index in [9.17, 15) is 9.18 Å². The SMILES string of the molecule is CC(C)(C)C(=O)OC1NCCC1c1ccc(F)cc1Br. The summed E-state index contributed by atoms with van der Waals surface area (Å²) in [7, 11) is 0. The predicted octanol–water partition coefficient (Wildman–Crippen LogP) is 3.58. The monoisotopic (exact) mass is 343 g/mol. The molecule has 0 aromatic heterocycles. The van der Waals surface area contributed by atoms with Crippen LogP contribution >= 0.6 is 15.9 Å². The number of nitrogens with one attached hydrogen (secondary N) is 1. The van der Waals surface area contributed by atoms with Crippen LogP contribution in [0.3, 0.4) is 0 Å². The zero-order chi connectivity index (χ0) is 14.9. The molecule has 2 rings (SSSR count). The first-order chi connectivity index (χ1) is 9.29. The van der Waals surface area contributed by atoms with Crippen LogP contribution in [0.4, 0.5) is 4.39 Å². The minimum atomic E-state index is -0.533. The van der Waals surface area contributed by atoms with Gasteiger partial charge in [-0.2, -0.15) is 0 Å². The topological polar surface area (TPSA) is 38.3 Å². The van der Waals surface area contributed by atoms with Crippen LogP contribution in [-0.2, 0) is 9.53 Å². The smallest absolute Gasteiger partial charge is 0.312 e. The number of rotatable bonds is 2. The second kappa shape index (κ2) is 5.82. The molecule has 1 aliphatic heterocycles. The van der Waals surface area contributed by atoms with Crippen LogP contribution in [0.1, 0.15) is 38.7 Å². The molecule has 1 N–H and O–H groups in total. The Balaban J connectivity index is 2.17. The van der Waals surface area contributed by atoms with Crippen molar-refractivity contribution in [3.05, 3.63) is 34.1 Å². The third-order valence-corrected chi connectivity index (χ3v) is 4.06. The summed E-state index contributed by atoms with van der Waals surface area (Å²) >= 11 is 3.38. The number of benzene rings is 1. The van der Waals surface area contributed by atoms with Gasteiger partial charge < -0.3 is 4.74 Å². The van der Waals surface area contributed by atoms with E-state index in [1.807, 2.05) is 20.8 Å². The lowest BCUT2D eigenvalue weighted by Gasteiger charge is -2.25. The highest BCUT2D eigenvalue weighted by atomic mass is 79.9. The Morgan fingerprint density at radius 2 is 2.15 bits per heavy atom. The van der Waals surface area contributed by atoms with Crippen molar-refractivity contribution in [3.8, 4) is 0 Å².